The van der Waals surface area contributed by atoms with E-state index in [9.17, 15) is 18.0 Å². The van der Waals surface area contributed by atoms with Crippen LogP contribution in [-0.4, -0.2) is 31.6 Å². The fourth-order valence-corrected chi connectivity index (χ4v) is 3.93. The molecule has 1 aromatic carbocycles. The maximum absolute atomic E-state index is 12.4. The minimum absolute atomic E-state index is 0.0697. The van der Waals surface area contributed by atoms with Gasteiger partial charge in [-0.25, -0.2) is 13.2 Å². The SMILES string of the molecule is Cc1noc(C)c1S(=O)(=O)N[C@@H](C)C(=O)NCc1ccc(NC(N)=O)cc1. The molecule has 0 aliphatic carbocycles. The van der Waals surface area contributed by atoms with E-state index in [1.807, 2.05) is 0 Å². The van der Waals surface area contributed by atoms with Crippen LogP contribution >= 0.6 is 0 Å². The molecule has 0 saturated carbocycles. The number of nitrogens with one attached hydrogen (secondary N) is 3. The Morgan fingerprint density at radius 3 is 2.37 bits per heavy atom. The summed E-state index contributed by atoms with van der Waals surface area (Å²) >= 11 is 0. The number of nitrogens with two attached hydrogens (primary N) is 1. The maximum atomic E-state index is 12.4. The van der Waals surface area contributed by atoms with Crippen molar-refractivity contribution in [1.82, 2.24) is 15.2 Å². The van der Waals surface area contributed by atoms with Gasteiger partial charge in [-0.05, 0) is 38.5 Å². The first-order valence-corrected chi connectivity index (χ1v) is 9.47. The molecule has 0 radical (unpaired) electrons. The predicted octanol–water partition coefficient (Wildman–Crippen LogP) is 0.765. The van der Waals surface area contributed by atoms with Gasteiger partial charge in [0.25, 0.3) is 0 Å². The maximum Gasteiger partial charge on any atom is 0.316 e. The summed E-state index contributed by atoms with van der Waals surface area (Å²) in [5, 5.41) is 8.67. The summed E-state index contributed by atoms with van der Waals surface area (Å²) in [6.07, 6.45) is 0. The number of primary amides is 1. The smallest absolute Gasteiger partial charge is 0.316 e. The van der Waals surface area contributed by atoms with Crippen molar-refractivity contribution in [3.05, 3.63) is 41.3 Å². The van der Waals surface area contributed by atoms with Crippen LogP contribution in [0.2, 0.25) is 0 Å². The highest BCUT2D eigenvalue weighted by atomic mass is 32.2. The van der Waals surface area contributed by atoms with Gasteiger partial charge in [0.2, 0.25) is 15.9 Å². The Morgan fingerprint density at radius 1 is 1.22 bits per heavy atom. The van der Waals surface area contributed by atoms with E-state index in [1.165, 1.54) is 20.8 Å². The monoisotopic (exact) mass is 395 g/mol. The Kier molecular flexibility index (Phi) is 6.18. The second-order valence-corrected chi connectivity index (χ2v) is 7.55. The molecule has 11 heteroatoms. The van der Waals surface area contributed by atoms with E-state index in [4.69, 9.17) is 10.3 Å². The zero-order valence-corrected chi connectivity index (χ0v) is 15.9. The van der Waals surface area contributed by atoms with Gasteiger partial charge in [-0.2, -0.15) is 4.72 Å². The average Bonchev–Trinajstić information content (AvgIpc) is 2.92. The van der Waals surface area contributed by atoms with E-state index >= 15 is 0 Å². The topological polar surface area (TPSA) is 156 Å². The lowest BCUT2D eigenvalue weighted by Crippen LogP contribution is -2.44. The number of hydrogen-bond acceptors (Lipinski definition) is 6. The van der Waals surface area contributed by atoms with Crippen LogP contribution in [0.15, 0.2) is 33.7 Å². The highest BCUT2D eigenvalue weighted by Crippen LogP contribution is 2.18. The lowest BCUT2D eigenvalue weighted by Gasteiger charge is -2.14. The number of amides is 3. The number of aromatic nitrogens is 1. The predicted molar refractivity (Wildman–Crippen MR) is 97.3 cm³/mol. The van der Waals surface area contributed by atoms with Crippen molar-refractivity contribution in [3.63, 3.8) is 0 Å². The summed E-state index contributed by atoms with van der Waals surface area (Å²) in [5.41, 5.74) is 6.53. The zero-order chi connectivity index (χ0) is 20.2. The van der Waals surface area contributed by atoms with Crippen molar-refractivity contribution in [2.24, 2.45) is 5.73 Å². The number of sulfonamides is 1. The Labute approximate surface area is 156 Å². The third-order valence-electron chi connectivity index (χ3n) is 3.65. The van der Waals surface area contributed by atoms with Gasteiger partial charge in [-0.3, -0.25) is 4.79 Å². The van der Waals surface area contributed by atoms with Crippen LogP contribution in [0.4, 0.5) is 10.5 Å². The van der Waals surface area contributed by atoms with Crippen LogP contribution in [-0.2, 0) is 21.4 Å². The minimum atomic E-state index is -3.94. The van der Waals surface area contributed by atoms with Crippen molar-refractivity contribution in [2.75, 3.05) is 5.32 Å². The number of carbonyl (C=O) groups is 2. The molecule has 1 aromatic heterocycles. The molecule has 5 N–H and O–H groups in total. The zero-order valence-electron chi connectivity index (χ0n) is 15.1. The number of urea groups is 1. The Balaban J connectivity index is 1.95. The van der Waals surface area contributed by atoms with Crippen molar-refractivity contribution >= 4 is 27.6 Å². The molecule has 0 aliphatic heterocycles. The van der Waals surface area contributed by atoms with Gasteiger partial charge in [0.15, 0.2) is 5.76 Å². The van der Waals surface area contributed by atoms with Gasteiger partial charge in [0.1, 0.15) is 10.6 Å². The second-order valence-electron chi connectivity index (χ2n) is 5.90. The quantitative estimate of drug-likeness (QED) is 0.542. The fraction of sp³-hybridized carbons (Fsp3) is 0.312. The molecule has 2 aromatic rings. The summed E-state index contributed by atoms with van der Waals surface area (Å²) in [6.45, 7) is 4.61. The second kappa shape index (κ2) is 8.18. The Hall–Kier alpha value is -2.92. The van der Waals surface area contributed by atoms with Crippen LogP contribution in [0.1, 0.15) is 23.9 Å². The first-order chi connectivity index (χ1) is 12.6. The summed E-state index contributed by atoms with van der Waals surface area (Å²) < 4.78 is 32.0. The number of rotatable bonds is 7. The molecule has 0 aliphatic rings. The van der Waals surface area contributed by atoms with Gasteiger partial charge in [-0.15, -0.1) is 0 Å². The van der Waals surface area contributed by atoms with Crippen molar-refractivity contribution < 1.29 is 22.5 Å². The van der Waals surface area contributed by atoms with Crippen LogP contribution in [0.5, 0.6) is 0 Å². The molecule has 0 saturated heterocycles. The van der Waals surface area contributed by atoms with Gasteiger partial charge in [-0.1, -0.05) is 17.3 Å². The fourth-order valence-electron chi connectivity index (χ4n) is 2.39. The summed E-state index contributed by atoms with van der Waals surface area (Å²) in [4.78, 5) is 22.9. The van der Waals surface area contributed by atoms with Gasteiger partial charge < -0.3 is 20.9 Å². The van der Waals surface area contributed by atoms with Crippen molar-refractivity contribution in [3.8, 4) is 0 Å². The average molecular weight is 395 g/mol. The number of anilines is 1. The minimum Gasteiger partial charge on any atom is -0.360 e. The molecule has 10 nitrogen and oxygen atoms in total. The standard InChI is InChI=1S/C16H21N5O5S/c1-9-14(11(3)26-20-9)27(24,25)21-10(2)15(22)18-8-12-4-6-13(7-5-12)19-16(17)23/h4-7,10,21H,8H2,1-3H3,(H,18,22)(H3,17,19,23)/t10-/m0/s1. The van der Waals surface area contributed by atoms with Gasteiger partial charge in [0, 0.05) is 12.2 Å². The number of nitrogens with zero attached hydrogens (tertiary/aromatic N) is 1. The third-order valence-corrected chi connectivity index (χ3v) is 5.43. The summed E-state index contributed by atoms with van der Waals surface area (Å²) in [7, 11) is -3.94. The van der Waals surface area contributed by atoms with Crippen molar-refractivity contribution in [2.45, 2.75) is 38.3 Å². The van der Waals surface area contributed by atoms with Crippen LogP contribution in [0.25, 0.3) is 0 Å². The Bertz CT molecular complexity index is 917. The summed E-state index contributed by atoms with van der Waals surface area (Å²) in [6, 6.07) is 5.00. The molecule has 27 heavy (non-hydrogen) atoms. The molecule has 2 rings (SSSR count). The first kappa shape index (κ1) is 20.4. The van der Waals surface area contributed by atoms with Gasteiger partial charge in [0.05, 0.1) is 6.04 Å². The number of aryl methyl sites for hydroxylation is 2. The van der Waals surface area contributed by atoms with Crippen LogP contribution < -0.4 is 21.1 Å². The van der Waals surface area contributed by atoms with Crippen molar-refractivity contribution in [1.29, 1.82) is 0 Å². The molecule has 3 amide bonds. The molecule has 0 bridgehead atoms. The normalized spacial score (nSPS) is 12.4. The largest absolute Gasteiger partial charge is 0.360 e. The molecule has 146 valence electrons. The molecule has 0 unspecified atom stereocenters. The molecule has 1 atom stereocenters. The van der Waals surface area contributed by atoms with E-state index in [2.05, 4.69) is 20.5 Å². The first-order valence-electron chi connectivity index (χ1n) is 7.98. The molecule has 0 fully saturated rings. The van der Waals surface area contributed by atoms with E-state index in [0.717, 1.165) is 5.56 Å². The van der Waals surface area contributed by atoms with E-state index in [-0.39, 0.29) is 22.9 Å². The van der Waals surface area contributed by atoms with E-state index < -0.39 is 28.0 Å². The van der Waals surface area contributed by atoms with Crippen LogP contribution in [0, 0.1) is 13.8 Å². The Morgan fingerprint density at radius 2 is 1.85 bits per heavy atom. The van der Waals surface area contributed by atoms with E-state index in [1.54, 1.807) is 24.3 Å². The lowest BCUT2D eigenvalue weighted by molar-refractivity contribution is -0.122. The van der Waals surface area contributed by atoms with Gasteiger partial charge >= 0.3 is 6.03 Å². The highest BCUT2D eigenvalue weighted by Gasteiger charge is 2.27. The summed E-state index contributed by atoms with van der Waals surface area (Å²) in [5.74, 6) is -0.345. The third kappa shape index (κ3) is 5.28. The molecular formula is C16H21N5O5S. The number of benzene rings is 1. The molecule has 0 spiro atoms. The number of carbonyl (C=O) groups excluding carboxylic acids is 2. The highest BCUT2D eigenvalue weighted by molar-refractivity contribution is 7.89. The molecular weight excluding hydrogens is 374 g/mol. The van der Waals surface area contributed by atoms with Crippen LogP contribution in [0.3, 0.4) is 0 Å². The van der Waals surface area contributed by atoms with E-state index in [0.29, 0.717) is 5.69 Å². The lowest BCUT2D eigenvalue weighted by atomic mass is 10.2. The number of hydrogen-bond donors (Lipinski definition) is 4. The molecule has 1 heterocycles.